The number of aryl methyl sites for hydroxylation is 1. The van der Waals surface area contributed by atoms with Crippen LogP contribution in [0.4, 0.5) is 10.5 Å². The van der Waals surface area contributed by atoms with E-state index in [4.69, 9.17) is 4.74 Å². The first-order valence-corrected chi connectivity index (χ1v) is 7.26. The highest BCUT2D eigenvalue weighted by Gasteiger charge is 2.29. The van der Waals surface area contributed by atoms with E-state index in [-0.39, 0.29) is 6.09 Å². The Kier molecular flexibility index (Phi) is 4.82. The number of nitrogens with one attached hydrogen (secondary N) is 1. The predicted molar refractivity (Wildman–Crippen MR) is 79.6 cm³/mol. The molecule has 1 amide bonds. The van der Waals surface area contributed by atoms with E-state index in [1.165, 1.54) is 0 Å². The van der Waals surface area contributed by atoms with Crippen LogP contribution in [0.2, 0.25) is 0 Å². The van der Waals surface area contributed by atoms with Crippen molar-refractivity contribution in [1.29, 1.82) is 0 Å². The average molecular weight is 327 g/mol. The van der Waals surface area contributed by atoms with Crippen molar-refractivity contribution in [2.45, 2.75) is 13.3 Å². The van der Waals surface area contributed by atoms with Crippen LogP contribution >= 0.6 is 15.9 Å². The highest BCUT2D eigenvalue weighted by Crippen LogP contribution is 2.30. The Bertz CT molecular complexity index is 465. The molecule has 1 aliphatic rings. The van der Waals surface area contributed by atoms with Crippen molar-refractivity contribution in [2.75, 3.05) is 31.6 Å². The van der Waals surface area contributed by atoms with Crippen LogP contribution in [-0.4, -0.2) is 32.8 Å². The van der Waals surface area contributed by atoms with Gasteiger partial charge in [-0.15, -0.1) is 0 Å². The van der Waals surface area contributed by atoms with E-state index in [9.17, 15) is 4.79 Å². The lowest BCUT2D eigenvalue weighted by atomic mass is 10.0. The van der Waals surface area contributed by atoms with Gasteiger partial charge in [0.2, 0.25) is 0 Å². The molecular weight excluding hydrogens is 308 g/mol. The van der Waals surface area contributed by atoms with Crippen molar-refractivity contribution in [3.05, 3.63) is 28.2 Å². The molecule has 1 aromatic carbocycles. The Morgan fingerprint density at radius 1 is 1.53 bits per heavy atom. The van der Waals surface area contributed by atoms with Crippen LogP contribution in [0.1, 0.15) is 12.0 Å². The first-order valence-electron chi connectivity index (χ1n) is 6.47. The minimum Gasteiger partial charge on any atom is -0.449 e. The molecule has 1 unspecified atom stereocenters. The highest BCUT2D eigenvalue weighted by molar-refractivity contribution is 9.10. The van der Waals surface area contributed by atoms with Gasteiger partial charge in [-0.25, -0.2) is 4.79 Å². The van der Waals surface area contributed by atoms with Gasteiger partial charge in [0.05, 0.1) is 12.3 Å². The van der Waals surface area contributed by atoms with Gasteiger partial charge in [-0.3, -0.25) is 4.90 Å². The van der Waals surface area contributed by atoms with E-state index >= 15 is 0 Å². The summed E-state index contributed by atoms with van der Waals surface area (Å²) in [6, 6.07) is 5.98. The largest absolute Gasteiger partial charge is 0.449 e. The van der Waals surface area contributed by atoms with Gasteiger partial charge in [0.15, 0.2) is 0 Å². The summed E-state index contributed by atoms with van der Waals surface area (Å²) in [5.41, 5.74) is 2.04. The van der Waals surface area contributed by atoms with Crippen molar-refractivity contribution in [3.8, 4) is 0 Å². The fourth-order valence-corrected chi connectivity index (χ4v) is 2.91. The molecule has 1 atom stereocenters. The Hall–Kier alpha value is -1.07. The van der Waals surface area contributed by atoms with E-state index in [1.807, 2.05) is 32.2 Å². The first kappa shape index (κ1) is 14.3. The topological polar surface area (TPSA) is 41.6 Å². The van der Waals surface area contributed by atoms with Crippen LogP contribution in [-0.2, 0) is 4.74 Å². The molecular formula is C14H19BrN2O2. The zero-order valence-corrected chi connectivity index (χ0v) is 12.9. The molecule has 4 nitrogen and oxygen atoms in total. The summed E-state index contributed by atoms with van der Waals surface area (Å²) in [7, 11) is 1.93. The number of amides is 1. The zero-order chi connectivity index (χ0) is 13.8. The number of nitrogens with zero attached hydrogens (tertiary/aromatic N) is 1. The summed E-state index contributed by atoms with van der Waals surface area (Å²) in [6.07, 6.45) is 0.745. The summed E-state index contributed by atoms with van der Waals surface area (Å²) in [5.74, 6) is 0.373. The summed E-state index contributed by atoms with van der Waals surface area (Å²) in [6.45, 7) is 4.19. The molecule has 1 aromatic rings. The van der Waals surface area contributed by atoms with Crippen LogP contribution < -0.4 is 10.2 Å². The highest BCUT2D eigenvalue weighted by atomic mass is 79.9. The molecule has 19 heavy (non-hydrogen) atoms. The Morgan fingerprint density at radius 2 is 2.32 bits per heavy atom. The molecule has 0 bridgehead atoms. The second-order valence-corrected chi connectivity index (χ2v) is 5.75. The van der Waals surface area contributed by atoms with Gasteiger partial charge in [0, 0.05) is 16.9 Å². The third-order valence-electron chi connectivity index (χ3n) is 3.30. The van der Waals surface area contributed by atoms with Crippen LogP contribution in [0.3, 0.4) is 0 Å². The number of hydrogen-bond donors (Lipinski definition) is 1. The van der Waals surface area contributed by atoms with Crippen LogP contribution in [0.5, 0.6) is 0 Å². The Labute approximate surface area is 122 Å². The van der Waals surface area contributed by atoms with E-state index < -0.39 is 0 Å². The summed E-state index contributed by atoms with van der Waals surface area (Å²) in [4.78, 5) is 13.6. The van der Waals surface area contributed by atoms with Gasteiger partial charge >= 0.3 is 6.09 Å². The monoisotopic (exact) mass is 326 g/mol. The minimum absolute atomic E-state index is 0.259. The molecule has 0 spiro atoms. The molecule has 1 fully saturated rings. The first-order chi connectivity index (χ1) is 9.11. The van der Waals surface area contributed by atoms with E-state index in [0.29, 0.717) is 19.1 Å². The smallest absolute Gasteiger partial charge is 0.414 e. The lowest BCUT2D eigenvalue weighted by Crippen LogP contribution is -2.44. The van der Waals surface area contributed by atoms with Gasteiger partial charge < -0.3 is 10.1 Å². The second-order valence-electron chi connectivity index (χ2n) is 4.90. The number of halogens is 1. The third kappa shape index (κ3) is 3.48. The van der Waals surface area contributed by atoms with Gasteiger partial charge in [0.25, 0.3) is 0 Å². The SMILES string of the molecule is CNCCC1COC(=O)N(c2ccc(C)cc2Br)C1. The summed E-state index contributed by atoms with van der Waals surface area (Å²) in [5, 5.41) is 3.13. The number of carbonyl (C=O) groups excluding carboxylic acids is 1. The van der Waals surface area contributed by atoms with Gasteiger partial charge in [-0.1, -0.05) is 6.07 Å². The Morgan fingerprint density at radius 3 is 3.00 bits per heavy atom. The molecule has 0 aromatic heterocycles. The summed E-state index contributed by atoms with van der Waals surface area (Å²) < 4.78 is 6.21. The lowest BCUT2D eigenvalue weighted by Gasteiger charge is -2.32. The van der Waals surface area contributed by atoms with E-state index in [0.717, 1.165) is 28.7 Å². The number of rotatable bonds is 4. The standard InChI is InChI=1S/C14H19BrN2O2/c1-10-3-4-13(12(15)7-10)17-8-11(5-6-16-2)9-19-14(17)18/h3-4,7,11,16H,5-6,8-9H2,1-2H3. The Balaban J connectivity index is 2.14. The number of hydrogen-bond acceptors (Lipinski definition) is 3. The van der Waals surface area contributed by atoms with Crippen molar-refractivity contribution < 1.29 is 9.53 Å². The molecule has 104 valence electrons. The van der Waals surface area contributed by atoms with Gasteiger partial charge in [-0.2, -0.15) is 0 Å². The van der Waals surface area contributed by atoms with Crippen molar-refractivity contribution >= 4 is 27.7 Å². The van der Waals surface area contributed by atoms with Crippen molar-refractivity contribution in [3.63, 3.8) is 0 Å². The fourth-order valence-electron chi connectivity index (χ4n) is 2.20. The predicted octanol–water partition coefficient (Wildman–Crippen LogP) is 2.94. The number of carbonyl (C=O) groups is 1. The van der Waals surface area contributed by atoms with Crippen LogP contribution in [0, 0.1) is 12.8 Å². The van der Waals surface area contributed by atoms with Crippen LogP contribution in [0.25, 0.3) is 0 Å². The zero-order valence-electron chi connectivity index (χ0n) is 11.3. The normalized spacial score (nSPS) is 19.4. The lowest BCUT2D eigenvalue weighted by molar-refractivity contribution is 0.112. The minimum atomic E-state index is -0.259. The molecule has 5 heteroatoms. The molecule has 2 rings (SSSR count). The van der Waals surface area contributed by atoms with E-state index in [2.05, 4.69) is 21.2 Å². The number of benzene rings is 1. The molecule has 0 aliphatic carbocycles. The van der Waals surface area contributed by atoms with Crippen molar-refractivity contribution in [1.82, 2.24) is 5.32 Å². The van der Waals surface area contributed by atoms with Crippen molar-refractivity contribution in [2.24, 2.45) is 5.92 Å². The third-order valence-corrected chi connectivity index (χ3v) is 3.94. The number of anilines is 1. The molecule has 1 N–H and O–H groups in total. The molecule has 1 saturated heterocycles. The maximum atomic E-state index is 11.9. The van der Waals surface area contributed by atoms with Crippen LogP contribution in [0.15, 0.2) is 22.7 Å². The maximum Gasteiger partial charge on any atom is 0.414 e. The average Bonchev–Trinajstić information content (AvgIpc) is 2.38. The quantitative estimate of drug-likeness (QED) is 0.924. The maximum absolute atomic E-state index is 11.9. The second kappa shape index (κ2) is 6.39. The fraction of sp³-hybridized carbons (Fsp3) is 0.500. The molecule has 1 aliphatic heterocycles. The molecule has 0 saturated carbocycles. The van der Waals surface area contributed by atoms with Gasteiger partial charge in [0.1, 0.15) is 0 Å². The van der Waals surface area contributed by atoms with Gasteiger partial charge in [-0.05, 0) is 60.6 Å². The van der Waals surface area contributed by atoms with E-state index in [1.54, 1.807) is 4.90 Å². The molecule has 0 radical (unpaired) electrons. The molecule has 1 heterocycles. The number of ether oxygens (including phenoxy) is 1. The summed E-state index contributed by atoms with van der Waals surface area (Å²) >= 11 is 3.52. The number of cyclic esters (lactones) is 1.